The Bertz CT molecular complexity index is 733. The number of nitrogens with zero attached hydrogens (tertiary/aromatic N) is 1. The lowest BCUT2D eigenvalue weighted by atomic mass is 9.47. The van der Waals surface area contributed by atoms with Crippen molar-refractivity contribution in [2.75, 3.05) is 13.1 Å². The third kappa shape index (κ3) is 5.26. The first-order valence-electron chi connectivity index (χ1n) is 14.0. The van der Waals surface area contributed by atoms with E-state index in [9.17, 15) is 0 Å². The zero-order valence-electron chi connectivity index (χ0n) is 22.5. The van der Waals surface area contributed by atoms with Crippen LogP contribution in [0.25, 0.3) is 0 Å². The summed E-state index contributed by atoms with van der Waals surface area (Å²) in [6.45, 7) is 21.9. The summed E-state index contributed by atoms with van der Waals surface area (Å²) in [5.41, 5.74) is 3.96. The van der Waals surface area contributed by atoms with Crippen molar-refractivity contribution in [3.8, 4) is 0 Å². The largest absolute Gasteiger partial charge is 0.310 e. The molecule has 3 aliphatic carbocycles. The molecule has 0 spiro atoms. The monoisotopic (exact) mass is 452 g/mol. The Labute approximate surface area is 205 Å². The Kier molecular flexibility index (Phi) is 9.23. The number of nitrogens with one attached hydrogen (secondary N) is 1. The maximum absolute atomic E-state index is 5.17. The second kappa shape index (κ2) is 11.5. The molecule has 0 radical (unpaired) electrons. The molecule has 186 valence electrons. The average molecular weight is 453 g/mol. The Hall–Kier alpha value is -1.15. The molecule has 0 heterocycles. The molecule has 2 heteroatoms. The standard InChI is InChI=1S/C31H52N2/c1-8-12-24-13-14-26-28-16-15-27(23(5)32-22-18-25(11-4)33-21-10-3)31(28,7)20-17-29(26)30(24,6)19-9-2/h8,10,12,25-29,33H,1,3,9,11,13-22H2,2,4-7H3/b24-12-,32-23?. The number of hydrogen-bond donors (Lipinski definition) is 1. The highest BCUT2D eigenvalue weighted by Crippen LogP contribution is 2.66. The van der Waals surface area contributed by atoms with E-state index in [0.717, 1.165) is 43.7 Å². The van der Waals surface area contributed by atoms with Crippen LogP contribution in [0.4, 0.5) is 0 Å². The molecular weight excluding hydrogens is 400 g/mol. The Morgan fingerprint density at radius 1 is 1.15 bits per heavy atom. The zero-order chi connectivity index (χ0) is 24.1. The van der Waals surface area contributed by atoms with Crippen molar-refractivity contribution >= 4 is 5.71 Å². The van der Waals surface area contributed by atoms with E-state index in [1.54, 1.807) is 5.57 Å². The van der Waals surface area contributed by atoms with Crippen molar-refractivity contribution in [1.82, 2.24) is 5.32 Å². The first kappa shape index (κ1) is 26.5. The van der Waals surface area contributed by atoms with Gasteiger partial charge in [0, 0.05) is 30.8 Å². The lowest BCUT2D eigenvalue weighted by Crippen LogP contribution is -2.50. The second-order valence-corrected chi connectivity index (χ2v) is 11.8. The molecule has 0 saturated heterocycles. The van der Waals surface area contributed by atoms with Gasteiger partial charge in [-0.25, -0.2) is 0 Å². The predicted octanol–water partition coefficient (Wildman–Crippen LogP) is 8.16. The maximum atomic E-state index is 5.17. The van der Waals surface area contributed by atoms with Crippen LogP contribution in [0.15, 0.2) is 42.0 Å². The van der Waals surface area contributed by atoms with Crippen molar-refractivity contribution in [1.29, 1.82) is 0 Å². The molecule has 0 amide bonds. The van der Waals surface area contributed by atoms with E-state index >= 15 is 0 Å². The van der Waals surface area contributed by atoms with Gasteiger partial charge in [0.25, 0.3) is 0 Å². The molecule has 7 atom stereocenters. The van der Waals surface area contributed by atoms with Gasteiger partial charge in [0.15, 0.2) is 0 Å². The first-order valence-corrected chi connectivity index (χ1v) is 14.0. The van der Waals surface area contributed by atoms with Crippen LogP contribution < -0.4 is 5.32 Å². The molecule has 3 aliphatic rings. The molecule has 3 rings (SSSR count). The van der Waals surface area contributed by atoms with Crippen molar-refractivity contribution in [2.24, 2.45) is 39.5 Å². The van der Waals surface area contributed by atoms with Gasteiger partial charge in [-0.1, -0.05) is 64.5 Å². The highest BCUT2D eigenvalue weighted by atomic mass is 14.9. The van der Waals surface area contributed by atoms with E-state index in [4.69, 9.17) is 4.99 Å². The number of allylic oxidation sites excluding steroid dienone is 3. The lowest BCUT2D eigenvalue weighted by molar-refractivity contribution is -0.0408. The van der Waals surface area contributed by atoms with Crippen LogP contribution in [0.3, 0.4) is 0 Å². The van der Waals surface area contributed by atoms with Gasteiger partial charge in [0.2, 0.25) is 0 Å². The number of fused-ring (bicyclic) bond motifs is 3. The molecule has 0 aromatic carbocycles. The third-order valence-corrected chi connectivity index (χ3v) is 10.2. The smallest absolute Gasteiger partial charge is 0.0403 e. The molecule has 7 unspecified atom stereocenters. The topological polar surface area (TPSA) is 24.4 Å². The summed E-state index contributed by atoms with van der Waals surface area (Å²) >= 11 is 0. The van der Waals surface area contributed by atoms with Gasteiger partial charge in [-0.15, -0.1) is 6.58 Å². The van der Waals surface area contributed by atoms with E-state index in [1.165, 1.54) is 57.1 Å². The minimum Gasteiger partial charge on any atom is -0.310 e. The van der Waals surface area contributed by atoms with Crippen molar-refractivity contribution < 1.29 is 0 Å². The maximum Gasteiger partial charge on any atom is 0.0403 e. The Morgan fingerprint density at radius 2 is 1.94 bits per heavy atom. The minimum absolute atomic E-state index is 0.377. The summed E-state index contributed by atoms with van der Waals surface area (Å²) in [5, 5.41) is 3.58. The molecule has 0 aliphatic heterocycles. The van der Waals surface area contributed by atoms with Crippen molar-refractivity contribution in [3.63, 3.8) is 0 Å². The number of aliphatic imine (C=N–C) groups is 1. The SMILES string of the molecule is C=C/C=C1/CCC2C(CCC3(C)C(C(C)=NCCC(CC)NCC=C)CCC23)C1(C)CCC. The van der Waals surface area contributed by atoms with Gasteiger partial charge in [0.05, 0.1) is 0 Å². The molecule has 0 bridgehead atoms. The molecule has 0 aromatic heterocycles. The number of hydrogen-bond acceptors (Lipinski definition) is 2. The molecule has 33 heavy (non-hydrogen) atoms. The molecule has 3 fully saturated rings. The van der Waals surface area contributed by atoms with Gasteiger partial charge >= 0.3 is 0 Å². The summed E-state index contributed by atoms with van der Waals surface area (Å²) in [4.78, 5) is 5.17. The van der Waals surface area contributed by atoms with Crippen molar-refractivity contribution in [2.45, 2.75) is 105 Å². The molecule has 3 saturated carbocycles. The molecule has 0 aromatic rings. The van der Waals surface area contributed by atoms with Gasteiger partial charge in [-0.2, -0.15) is 0 Å². The van der Waals surface area contributed by atoms with E-state index in [0.29, 0.717) is 22.8 Å². The van der Waals surface area contributed by atoms with Crippen molar-refractivity contribution in [3.05, 3.63) is 37.0 Å². The van der Waals surface area contributed by atoms with Crippen LogP contribution in [0.2, 0.25) is 0 Å². The highest BCUT2D eigenvalue weighted by Gasteiger charge is 2.58. The molecule has 2 nitrogen and oxygen atoms in total. The van der Waals surface area contributed by atoms with Gasteiger partial charge in [-0.3, -0.25) is 4.99 Å². The van der Waals surface area contributed by atoms with Crippen LogP contribution in [0.1, 0.15) is 98.8 Å². The van der Waals surface area contributed by atoms with E-state index in [-0.39, 0.29) is 0 Å². The normalized spacial score (nSPS) is 38.6. The summed E-state index contributed by atoms with van der Waals surface area (Å²) in [5.74, 6) is 3.32. The summed E-state index contributed by atoms with van der Waals surface area (Å²) in [7, 11) is 0. The number of rotatable bonds is 11. The van der Waals surface area contributed by atoms with Crippen LogP contribution in [0, 0.1) is 34.5 Å². The Balaban J connectivity index is 1.72. The molecule has 1 N–H and O–H groups in total. The zero-order valence-corrected chi connectivity index (χ0v) is 22.5. The summed E-state index contributed by atoms with van der Waals surface area (Å²) < 4.78 is 0. The quantitative estimate of drug-likeness (QED) is 0.248. The van der Waals surface area contributed by atoms with Gasteiger partial charge in [0.1, 0.15) is 0 Å². The predicted molar refractivity (Wildman–Crippen MR) is 146 cm³/mol. The average Bonchev–Trinajstić information content (AvgIpc) is 3.15. The van der Waals surface area contributed by atoms with E-state index in [2.05, 4.69) is 59.2 Å². The first-order chi connectivity index (χ1) is 15.9. The van der Waals surface area contributed by atoms with Gasteiger partial charge in [-0.05, 0) is 93.3 Å². The molecular formula is C31H52N2. The minimum atomic E-state index is 0.377. The summed E-state index contributed by atoms with van der Waals surface area (Å²) in [6.07, 6.45) is 19.5. The van der Waals surface area contributed by atoms with Crippen LogP contribution in [-0.4, -0.2) is 24.8 Å². The third-order valence-electron chi connectivity index (χ3n) is 10.2. The fourth-order valence-corrected chi connectivity index (χ4v) is 8.50. The summed E-state index contributed by atoms with van der Waals surface area (Å²) in [6, 6.07) is 0.554. The van der Waals surface area contributed by atoms with Crippen LogP contribution in [-0.2, 0) is 0 Å². The van der Waals surface area contributed by atoms with Gasteiger partial charge < -0.3 is 5.32 Å². The van der Waals surface area contributed by atoms with Crippen LogP contribution >= 0.6 is 0 Å². The highest BCUT2D eigenvalue weighted by molar-refractivity contribution is 5.85. The van der Waals surface area contributed by atoms with E-state index < -0.39 is 0 Å². The fourth-order valence-electron chi connectivity index (χ4n) is 8.50. The van der Waals surface area contributed by atoms with E-state index in [1.807, 2.05) is 12.2 Å². The second-order valence-electron chi connectivity index (χ2n) is 11.8. The van der Waals surface area contributed by atoms with Crippen LogP contribution in [0.5, 0.6) is 0 Å². The lowest BCUT2D eigenvalue weighted by Gasteiger charge is -2.57. The Morgan fingerprint density at radius 3 is 2.61 bits per heavy atom. The fraction of sp³-hybridized carbons (Fsp3) is 0.774.